The highest BCUT2D eigenvalue weighted by atomic mass is 16.8. The number of epoxide rings is 1. The lowest BCUT2D eigenvalue weighted by Crippen LogP contribution is -2.31. The van der Waals surface area contributed by atoms with Gasteiger partial charge in [-0.3, -0.25) is 0 Å². The van der Waals surface area contributed by atoms with Gasteiger partial charge in [-0.05, 0) is 44.6 Å². The number of allylic oxidation sites excluding steroid dienone is 2. The van der Waals surface area contributed by atoms with Crippen LogP contribution >= 0.6 is 0 Å². The molecule has 3 aliphatic rings. The van der Waals surface area contributed by atoms with Gasteiger partial charge in [0, 0.05) is 12.8 Å². The first-order valence-corrected chi connectivity index (χ1v) is 6.52. The summed E-state index contributed by atoms with van der Waals surface area (Å²) in [6.45, 7) is 3.91. The molecule has 0 radical (unpaired) electrons. The van der Waals surface area contributed by atoms with Crippen molar-refractivity contribution in [3.05, 3.63) is 24.5 Å². The summed E-state index contributed by atoms with van der Waals surface area (Å²) in [5.41, 5.74) is -0.163. The Hall–Kier alpha value is -0.760. The molecule has 0 amide bonds. The summed E-state index contributed by atoms with van der Waals surface area (Å²) in [4.78, 5) is 0. The van der Waals surface area contributed by atoms with Crippen LogP contribution in [0.4, 0.5) is 0 Å². The van der Waals surface area contributed by atoms with Crippen molar-refractivity contribution in [2.75, 3.05) is 0 Å². The topological polar surface area (TPSA) is 21.8 Å². The standard InChI is InChI=1S/C14H20O2/c1-2-13-10-6-7-11-14(13,16-13)15-12-8-4-3-5-9-12/h2,8H,1,3-7,9-11H2. The summed E-state index contributed by atoms with van der Waals surface area (Å²) in [6.07, 6.45) is 13.5. The Morgan fingerprint density at radius 3 is 2.88 bits per heavy atom. The molecule has 2 nitrogen and oxygen atoms in total. The molecule has 2 heteroatoms. The number of ether oxygens (including phenoxy) is 2. The Morgan fingerprint density at radius 1 is 1.25 bits per heavy atom. The number of hydrogen-bond acceptors (Lipinski definition) is 2. The van der Waals surface area contributed by atoms with Crippen molar-refractivity contribution < 1.29 is 9.47 Å². The lowest BCUT2D eigenvalue weighted by Gasteiger charge is -2.25. The molecule has 2 fully saturated rings. The van der Waals surface area contributed by atoms with E-state index in [4.69, 9.17) is 9.47 Å². The smallest absolute Gasteiger partial charge is 0.244 e. The summed E-state index contributed by atoms with van der Waals surface area (Å²) < 4.78 is 12.1. The summed E-state index contributed by atoms with van der Waals surface area (Å²) in [6, 6.07) is 0. The summed E-state index contributed by atoms with van der Waals surface area (Å²) >= 11 is 0. The van der Waals surface area contributed by atoms with E-state index in [0.717, 1.165) is 31.4 Å². The SMILES string of the molecule is C=CC12CCCCC1(OC1=CCCCC1)O2. The third-order valence-corrected chi connectivity index (χ3v) is 4.13. The van der Waals surface area contributed by atoms with Gasteiger partial charge in [0.05, 0.1) is 5.76 Å². The van der Waals surface area contributed by atoms with Crippen molar-refractivity contribution in [3.8, 4) is 0 Å². The highest BCUT2D eigenvalue weighted by molar-refractivity contribution is 5.23. The van der Waals surface area contributed by atoms with Crippen LogP contribution in [0.5, 0.6) is 0 Å². The molecule has 1 aliphatic heterocycles. The van der Waals surface area contributed by atoms with E-state index in [0.29, 0.717) is 0 Å². The van der Waals surface area contributed by atoms with Gasteiger partial charge in [0.15, 0.2) is 5.60 Å². The summed E-state index contributed by atoms with van der Waals surface area (Å²) in [7, 11) is 0. The molecule has 0 aromatic rings. The first-order valence-electron chi connectivity index (χ1n) is 6.52. The van der Waals surface area contributed by atoms with Gasteiger partial charge in [0.2, 0.25) is 5.79 Å². The molecule has 0 N–H and O–H groups in total. The van der Waals surface area contributed by atoms with E-state index in [-0.39, 0.29) is 11.4 Å². The Balaban J connectivity index is 1.74. The van der Waals surface area contributed by atoms with Gasteiger partial charge in [-0.2, -0.15) is 0 Å². The Morgan fingerprint density at radius 2 is 2.12 bits per heavy atom. The zero-order valence-corrected chi connectivity index (χ0v) is 9.84. The molecular formula is C14H20O2. The molecular weight excluding hydrogens is 200 g/mol. The van der Waals surface area contributed by atoms with Gasteiger partial charge in [-0.1, -0.05) is 12.7 Å². The van der Waals surface area contributed by atoms with E-state index < -0.39 is 0 Å². The first kappa shape index (κ1) is 10.4. The van der Waals surface area contributed by atoms with E-state index in [2.05, 4.69) is 12.7 Å². The molecule has 2 unspecified atom stereocenters. The van der Waals surface area contributed by atoms with Gasteiger partial charge >= 0.3 is 0 Å². The van der Waals surface area contributed by atoms with Crippen molar-refractivity contribution in [3.63, 3.8) is 0 Å². The number of hydrogen-bond donors (Lipinski definition) is 0. The van der Waals surface area contributed by atoms with Gasteiger partial charge in [0.1, 0.15) is 0 Å². The van der Waals surface area contributed by atoms with Crippen LogP contribution in [-0.4, -0.2) is 11.4 Å². The molecule has 0 bridgehead atoms. The molecule has 1 saturated heterocycles. The monoisotopic (exact) mass is 220 g/mol. The molecule has 0 spiro atoms. The maximum absolute atomic E-state index is 6.16. The van der Waals surface area contributed by atoms with Gasteiger partial charge < -0.3 is 9.47 Å². The molecule has 88 valence electrons. The highest BCUT2D eigenvalue weighted by Gasteiger charge is 2.71. The van der Waals surface area contributed by atoms with Crippen LogP contribution in [0.25, 0.3) is 0 Å². The van der Waals surface area contributed by atoms with Crippen LogP contribution in [-0.2, 0) is 9.47 Å². The van der Waals surface area contributed by atoms with Crippen molar-refractivity contribution in [2.24, 2.45) is 0 Å². The van der Waals surface area contributed by atoms with Crippen molar-refractivity contribution in [1.82, 2.24) is 0 Å². The maximum atomic E-state index is 6.16. The van der Waals surface area contributed by atoms with Crippen molar-refractivity contribution >= 4 is 0 Å². The number of fused-ring (bicyclic) bond motifs is 1. The van der Waals surface area contributed by atoms with Crippen molar-refractivity contribution in [1.29, 1.82) is 0 Å². The van der Waals surface area contributed by atoms with Crippen molar-refractivity contribution in [2.45, 2.75) is 62.8 Å². The lowest BCUT2D eigenvalue weighted by atomic mass is 9.86. The van der Waals surface area contributed by atoms with Gasteiger partial charge in [0.25, 0.3) is 0 Å². The average molecular weight is 220 g/mol. The van der Waals surface area contributed by atoms with Gasteiger partial charge in [-0.25, -0.2) is 0 Å². The van der Waals surface area contributed by atoms with E-state index in [1.165, 1.54) is 25.7 Å². The fourth-order valence-electron chi connectivity index (χ4n) is 3.09. The Labute approximate surface area is 97.3 Å². The van der Waals surface area contributed by atoms with E-state index >= 15 is 0 Å². The van der Waals surface area contributed by atoms with Crippen LogP contribution in [0.15, 0.2) is 24.5 Å². The zero-order valence-electron chi connectivity index (χ0n) is 9.84. The minimum atomic E-state index is -0.337. The third kappa shape index (κ3) is 1.43. The maximum Gasteiger partial charge on any atom is 0.244 e. The minimum Gasteiger partial charge on any atom is -0.463 e. The van der Waals surface area contributed by atoms with Crippen LogP contribution < -0.4 is 0 Å². The zero-order chi connectivity index (χ0) is 11.1. The van der Waals surface area contributed by atoms with E-state index in [1.807, 2.05) is 6.08 Å². The van der Waals surface area contributed by atoms with Crippen LogP contribution in [0, 0.1) is 0 Å². The average Bonchev–Trinajstić information content (AvgIpc) is 2.99. The molecule has 0 aromatic carbocycles. The molecule has 0 aromatic heterocycles. The Bertz CT molecular complexity index is 334. The first-order chi connectivity index (χ1) is 7.80. The second-order valence-electron chi connectivity index (χ2n) is 5.17. The third-order valence-electron chi connectivity index (χ3n) is 4.13. The van der Waals surface area contributed by atoms with Crippen LogP contribution in [0.1, 0.15) is 51.4 Å². The minimum absolute atomic E-state index is 0.163. The quantitative estimate of drug-likeness (QED) is 0.534. The fraction of sp³-hybridized carbons (Fsp3) is 0.714. The highest BCUT2D eigenvalue weighted by Crippen LogP contribution is 2.60. The predicted molar refractivity (Wildman–Crippen MR) is 62.8 cm³/mol. The molecule has 2 aliphatic carbocycles. The van der Waals surface area contributed by atoms with Crippen LogP contribution in [0.3, 0.4) is 0 Å². The summed E-state index contributed by atoms with van der Waals surface area (Å²) in [5.74, 6) is 0.813. The molecule has 3 rings (SSSR count). The normalized spacial score (nSPS) is 41.9. The second kappa shape index (κ2) is 3.63. The second-order valence-corrected chi connectivity index (χ2v) is 5.17. The lowest BCUT2D eigenvalue weighted by molar-refractivity contribution is -0.0159. The van der Waals surface area contributed by atoms with Gasteiger partial charge in [-0.15, -0.1) is 0 Å². The molecule has 2 atom stereocenters. The molecule has 1 heterocycles. The van der Waals surface area contributed by atoms with Crippen LogP contribution in [0.2, 0.25) is 0 Å². The fourth-order valence-corrected chi connectivity index (χ4v) is 3.09. The molecule has 16 heavy (non-hydrogen) atoms. The molecule has 1 saturated carbocycles. The largest absolute Gasteiger partial charge is 0.463 e. The van der Waals surface area contributed by atoms with E-state index in [1.54, 1.807) is 0 Å². The Kier molecular flexibility index (Phi) is 2.36. The predicted octanol–water partition coefficient (Wildman–Crippen LogP) is 3.69. The van der Waals surface area contributed by atoms with E-state index in [9.17, 15) is 0 Å². The summed E-state index contributed by atoms with van der Waals surface area (Å²) in [5, 5.41) is 0. The number of rotatable bonds is 3.